The minimum atomic E-state index is -1.84. The van der Waals surface area contributed by atoms with Crippen molar-refractivity contribution in [3.05, 3.63) is 60.7 Å². The normalized spacial score (nSPS) is 14.9. The Morgan fingerprint density at radius 1 is 0.656 bits per heavy atom. The Morgan fingerprint density at radius 2 is 0.969 bits per heavy atom. The Hall–Kier alpha value is -3.02. The highest BCUT2D eigenvalue weighted by Crippen LogP contribution is 2.35. The number of ether oxygens (including phenoxy) is 4. The highest BCUT2D eigenvalue weighted by atomic mass is 16.6. The third-order valence-corrected chi connectivity index (χ3v) is 4.92. The molecule has 0 heterocycles. The van der Waals surface area contributed by atoms with Gasteiger partial charge in [-0.3, -0.25) is 0 Å². The molecule has 174 valence electrons. The Bertz CT molecular complexity index is 791. The summed E-state index contributed by atoms with van der Waals surface area (Å²) in [6.07, 6.45) is 0. The van der Waals surface area contributed by atoms with Gasteiger partial charge in [0.2, 0.25) is 0 Å². The van der Waals surface area contributed by atoms with E-state index in [2.05, 4.69) is 0 Å². The predicted molar refractivity (Wildman–Crippen MR) is 123 cm³/mol. The van der Waals surface area contributed by atoms with Crippen LogP contribution in [0, 0.1) is 11.8 Å². The van der Waals surface area contributed by atoms with Crippen molar-refractivity contribution in [2.24, 2.45) is 11.8 Å². The predicted octanol–water partition coefficient (Wildman–Crippen LogP) is 5.06. The molecule has 32 heavy (non-hydrogen) atoms. The van der Waals surface area contributed by atoms with Gasteiger partial charge in [-0.05, 0) is 49.9 Å². The molecule has 2 aromatic carbocycles. The number of hydrogen-bond acceptors (Lipinski definition) is 6. The molecule has 0 fully saturated rings. The van der Waals surface area contributed by atoms with Crippen molar-refractivity contribution in [1.29, 1.82) is 0 Å². The molecule has 2 unspecified atom stereocenters. The number of hydrogen-bond donors (Lipinski definition) is 0. The van der Waals surface area contributed by atoms with E-state index in [9.17, 15) is 9.59 Å². The zero-order valence-corrected chi connectivity index (χ0v) is 19.8. The van der Waals surface area contributed by atoms with Crippen LogP contribution in [-0.2, 0) is 19.1 Å². The van der Waals surface area contributed by atoms with Crippen LogP contribution in [0.3, 0.4) is 0 Å². The molecular formula is C26H34O6. The van der Waals surface area contributed by atoms with E-state index >= 15 is 0 Å². The van der Waals surface area contributed by atoms with Gasteiger partial charge in [0.25, 0.3) is 11.2 Å². The van der Waals surface area contributed by atoms with Crippen LogP contribution in [0.15, 0.2) is 60.7 Å². The molecule has 0 aliphatic rings. The molecule has 2 atom stereocenters. The first kappa shape index (κ1) is 25.2. The van der Waals surface area contributed by atoms with Gasteiger partial charge in [0.15, 0.2) is 0 Å². The van der Waals surface area contributed by atoms with Gasteiger partial charge in [0, 0.05) is 0 Å². The van der Waals surface area contributed by atoms with Gasteiger partial charge < -0.3 is 18.9 Å². The summed E-state index contributed by atoms with van der Waals surface area (Å²) in [5, 5.41) is 0. The zero-order chi connectivity index (χ0) is 23.8. The van der Waals surface area contributed by atoms with Crippen LogP contribution < -0.4 is 9.47 Å². The van der Waals surface area contributed by atoms with E-state index in [0.29, 0.717) is 11.5 Å². The summed E-state index contributed by atoms with van der Waals surface area (Å²) >= 11 is 0. The van der Waals surface area contributed by atoms with Gasteiger partial charge in [0.1, 0.15) is 11.5 Å². The number of carbonyl (C=O) groups excluding carboxylic acids is 2. The minimum Gasteiger partial charge on any atom is -0.471 e. The topological polar surface area (TPSA) is 71.1 Å². The highest BCUT2D eigenvalue weighted by molar-refractivity contribution is 5.93. The van der Waals surface area contributed by atoms with Gasteiger partial charge in [-0.15, -0.1) is 0 Å². The molecule has 0 radical (unpaired) electrons. The first-order valence-electron chi connectivity index (χ1n) is 10.9. The lowest BCUT2D eigenvalue weighted by molar-refractivity contribution is -0.198. The fourth-order valence-electron chi connectivity index (χ4n) is 2.88. The second-order valence-electron chi connectivity index (χ2n) is 8.88. The van der Waals surface area contributed by atoms with E-state index in [4.69, 9.17) is 18.9 Å². The van der Waals surface area contributed by atoms with Crippen molar-refractivity contribution in [3.63, 3.8) is 0 Å². The molecule has 0 spiro atoms. The van der Waals surface area contributed by atoms with E-state index in [1.54, 1.807) is 48.5 Å². The number of esters is 2. The molecule has 0 saturated heterocycles. The summed E-state index contributed by atoms with van der Waals surface area (Å²) < 4.78 is 23.4. The summed E-state index contributed by atoms with van der Waals surface area (Å²) in [5.41, 5.74) is -3.68. The summed E-state index contributed by atoms with van der Waals surface area (Å²) in [6, 6.07) is 17.6. The summed E-state index contributed by atoms with van der Waals surface area (Å²) in [7, 11) is 0. The Labute approximate surface area is 190 Å². The average Bonchev–Trinajstić information content (AvgIpc) is 2.76. The van der Waals surface area contributed by atoms with Crippen molar-refractivity contribution in [3.8, 4) is 11.5 Å². The van der Waals surface area contributed by atoms with E-state index in [1.165, 1.54) is 13.8 Å². The van der Waals surface area contributed by atoms with Gasteiger partial charge in [-0.2, -0.15) is 0 Å². The number of para-hydroxylation sites is 2. The molecule has 6 nitrogen and oxygen atoms in total. The van der Waals surface area contributed by atoms with E-state index < -0.39 is 23.1 Å². The molecule has 0 N–H and O–H groups in total. The first-order valence-corrected chi connectivity index (χ1v) is 10.9. The van der Waals surface area contributed by atoms with Gasteiger partial charge >= 0.3 is 11.9 Å². The maximum Gasteiger partial charge on any atom is 0.355 e. The standard InChI is InChI=1S/C26H34O6/c1-19(2)17-29-23(27)25(5,31-21-13-9-7-10-14-21)26(6,24(28)30-18-20(3)4)32-22-15-11-8-12-16-22/h7-16,19-20H,17-18H2,1-6H3. The lowest BCUT2D eigenvalue weighted by Crippen LogP contribution is -2.67. The third-order valence-electron chi connectivity index (χ3n) is 4.92. The van der Waals surface area contributed by atoms with Crippen LogP contribution in [0.2, 0.25) is 0 Å². The van der Waals surface area contributed by atoms with Crippen LogP contribution in [0.5, 0.6) is 11.5 Å². The van der Waals surface area contributed by atoms with Crippen molar-refractivity contribution in [2.75, 3.05) is 13.2 Å². The molecule has 0 aliphatic carbocycles. The highest BCUT2D eigenvalue weighted by Gasteiger charge is 2.62. The monoisotopic (exact) mass is 442 g/mol. The fraction of sp³-hybridized carbons (Fsp3) is 0.462. The largest absolute Gasteiger partial charge is 0.471 e. The molecule has 2 aromatic rings. The quantitative estimate of drug-likeness (QED) is 0.453. The van der Waals surface area contributed by atoms with Gasteiger partial charge in [-0.1, -0.05) is 64.1 Å². The zero-order valence-electron chi connectivity index (χ0n) is 19.8. The minimum absolute atomic E-state index is 0.106. The smallest absolute Gasteiger partial charge is 0.355 e. The van der Waals surface area contributed by atoms with E-state index in [0.717, 1.165) is 0 Å². The van der Waals surface area contributed by atoms with E-state index in [-0.39, 0.29) is 25.0 Å². The van der Waals surface area contributed by atoms with Crippen molar-refractivity contribution in [1.82, 2.24) is 0 Å². The van der Waals surface area contributed by atoms with Crippen molar-refractivity contribution >= 4 is 11.9 Å². The van der Waals surface area contributed by atoms with Crippen LogP contribution in [0.25, 0.3) is 0 Å². The molecule has 2 rings (SSSR count). The first-order chi connectivity index (χ1) is 15.1. The Balaban J connectivity index is 2.54. The Kier molecular flexibility index (Phi) is 8.70. The Morgan fingerprint density at radius 3 is 1.25 bits per heavy atom. The van der Waals surface area contributed by atoms with Crippen LogP contribution in [-0.4, -0.2) is 36.4 Å². The number of rotatable bonds is 11. The summed E-state index contributed by atoms with van der Waals surface area (Å²) in [6.45, 7) is 11.1. The molecule has 0 amide bonds. The SMILES string of the molecule is CC(C)COC(=O)C(C)(Oc1ccccc1)C(C)(Oc1ccccc1)C(=O)OCC(C)C. The maximum atomic E-state index is 13.4. The lowest BCUT2D eigenvalue weighted by Gasteiger charge is -2.41. The second kappa shape index (κ2) is 11.0. The van der Waals surface area contributed by atoms with Crippen molar-refractivity contribution in [2.45, 2.75) is 52.7 Å². The number of benzene rings is 2. The molecule has 6 heteroatoms. The molecule has 0 aliphatic heterocycles. The van der Waals surface area contributed by atoms with Gasteiger partial charge in [-0.25, -0.2) is 9.59 Å². The fourth-order valence-corrected chi connectivity index (χ4v) is 2.88. The van der Waals surface area contributed by atoms with Crippen LogP contribution in [0.4, 0.5) is 0 Å². The second-order valence-corrected chi connectivity index (χ2v) is 8.88. The average molecular weight is 443 g/mol. The summed E-state index contributed by atoms with van der Waals surface area (Å²) in [5.74, 6) is -0.416. The lowest BCUT2D eigenvalue weighted by atomic mass is 9.84. The molecule has 0 saturated carbocycles. The number of carbonyl (C=O) groups is 2. The van der Waals surface area contributed by atoms with Crippen LogP contribution in [0.1, 0.15) is 41.5 Å². The van der Waals surface area contributed by atoms with Crippen molar-refractivity contribution < 1.29 is 28.5 Å². The third kappa shape index (κ3) is 6.25. The van der Waals surface area contributed by atoms with Crippen LogP contribution >= 0.6 is 0 Å². The maximum absolute atomic E-state index is 13.4. The molecular weight excluding hydrogens is 408 g/mol. The van der Waals surface area contributed by atoms with Gasteiger partial charge in [0.05, 0.1) is 13.2 Å². The summed E-state index contributed by atoms with van der Waals surface area (Å²) in [4.78, 5) is 26.8. The molecule has 0 bridgehead atoms. The molecule has 0 aromatic heterocycles. The van der Waals surface area contributed by atoms with E-state index in [1.807, 2.05) is 39.8 Å².